The molecule has 18 heavy (non-hydrogen) atoms. The molecular formula is C12H20N4O2. The summed E-state index contributed by atoms with van der Waals surface area (Å²) in [7, 11) is 0. The highest BCUT2D eigenvalue weighted by Gasteiger charge is 2.22. The Morgan fingerprint density at radius 1 is 1.56 bits per heavy atom. The molecule has 2 heterocycles. The molecule has 0 spiro atoms. The Morgan fingerprint density at radius 2 is 2.44 bits per heavy atom. The summed E-state index contributed by atoms with van der Waals surface area (Å²) in [5, 5.41) is 16.1. The summed E-state index contributed by atoms with van der Waals surface area (Å²) in [5.74, 6) is 0.232. The van der Waals surface area contributed by atoms with Crippen molar-refractivity contribution in [3.8, 4) is 0 Å². The lowest BCUT2D eigenvalue weighted by atomic mass is 9.99. The van der Waals surface area contributed by atoms with Gasteiger partial charge in [-0.05, 0) is 24.8 Å². The molecule has 1 aromatic rings. The van der Waals surface area contributed by atoms with E-state index in [9.17, 15) is 4.79 Å². The first kappa shape index (κ1) is 12.9. The highest BCUT2D eigenvalue weighted by atomic mass is 16.3. The summed E-state index contributed by atoms with van der Waals surface area (Å²) in [6.07, 6.45) is 5.57. The van der Waals surface area contributed by atoms with Gasteiger partial charge >= 0.3 is 6.03 Å². The van der Waals surface area contributed by atoms with Crippen molar-refractivity contribution in [2.75, 3.05) is 26.2 Å². The van der Waals surface area contributed by atoms with Gasteiger partial charge in [-0.3, -0.25) is 4.68 Å². The van der Waals surface area contributed by atoms with E-state index >= 15 is 0 Å². The van der Waals surface area contributed by atoms with Gasteiger partial charge in [0.25, 0.3) is 0 Å². The van der Waals surface area contributed by atoms with E-state index in [1.807, 2.05) is 12.3 Å². The molecule has 6 nitrogen and oxygen atoms in total. The van der Waals surface area contributed by atoms with Gasteiger partial charge in [-0.15, -0.1) is 0 Å². The molecule has 1 fully saturated rings. The van der Waals surface area contributed by atoms with Crippen LogP contribution in [0.2, 0.25) is 0 Å². The predicted octanol–water partition coefficient (Wildman–Crippen LogP) is 0.297. The Balaban J connectivity index is 1.70. The van der Waals surface area contributed by atoms with Crippen LogP contribution in [0.4, 0.5) is 4.79 Å². The molecule has 2 N–H and O–H groups in total. The highest BCUT2D eigenvalue weighted by molar-refractivity contribution is 5.74. The van der Waals surface area contributed by atoms with E-state index < -0.39 is 0 Å². The first-order valence-corrected chi connectivity index (χ1v) is 6.40. The first-order chi connectivity index (χ1) is 8.79. The van der Waals surface area contributed by atoms with Gasteiger partial charge in [0.15, 0.2) is 0 Å². The number of aliphatic hydroxyl groups excluding tert-OH is 1. The number of rotatable bonds is 4. The normalized spacial score (nSPS) is 19.8. The van der Waals surface area contributed by atoms with Crippen LogP contribution in [0.3, 0.4) is 0 Å². The van der Waals surface area contributed by atoms with E-state index in [1.54, 1.807) is 15.8 Å². The third-order valence-electron chi connectivity index (χ3n) is 3.24. The van der Waals surface area contributed by atoms with E-state index in [0.29, 0.717) is 19.6 Å². The maximum atomic E-state index is 11.9. The minimum atomic E-state index is -0.0414. The maximum absolute atomic E-state index is 11.9. The zero-order chi connectivity index (χ0) is 12.8. The van der Waals surface area contributed by atoms with E-state index in [-0.39, 0.29) is 18.6 Å². The fraction of sp³-hybridized carbons (Fsp3) is 0.667. The smallest absolute Gasteiger partial charge is 0.317 e. The molecule has 0 radical (unpaired) electrons. The highest BCUT2D eigenvalue weighted by Crippen LogP contribution is 2.15. The molecule has 2 rings (SSSR count). The van der Waals surface area contributed by atoms with Crippen LogP contribution in [0, 0.1) is 5.92 Å². The van der Waals surface area contributed by atoms with Gasteiger partial charge in [-0.1, -0.05) is 0 Å². The maximum Gasteiger partial charge on any atom is 0.317 e. The monoisotopic (exact) mass is 252 g/mol. The number of amides is 2. The topological polar surface area (TPSA) is 70.4 Å². The average molecular weight is 252 g/mol. The molecule has 1 aliphatic heterocycles. The van der Waals surface area contributed by atoms with Crippen molar-refractivity contribution in [2.45, 2.75) is 19.4 Å². The van der Waals surface area contributed by atoms with Crippen LogP contribution in [0.15, 0.2) is 18.5 Å². The Morgan fingerprint density at radius 3 is 3.17 bits per heavy atom. The second-order valence-electron chi connectivity index (χ2n) is 4.64. The van der Waals surface area contributed by atoms with Gasteiger partial charge in [-0.25, -0.2) is 4.79 Å². The van der Waals surface area contributed by atoms with Crippen LogP contribution in [-0.2, 0) is 6.54 Å². The van der Waals surface area contributed by atoms with E-state index in [0.717, 1.165) is 19.4 Å². The number of carbonyl (C=O) groups excluding carboxylic acids is 1. The van der Waals surface area contributed by atoms with Crippen molar-refractivity contribution in [1.82, 2.24) is 20.0 Å². The molecule has 100 valence electrons. The zero-order valence-electron chi connectivity index (χ0n) is 10.5. The summed E-state index contributed by atoms with van der Waals surface area (Å²) in [6.45, 7) is 2.85. The van der Waals surface area contributed by atoms with Gasteiger partial charge in [0, 0.05) is 38.6 Å². The molecular weight excluding hydrogens is 232 g/mol. The third kappa shape index (κ3) is 3.46. The molecule has 0 saturated carbocycles. The lowest BCUT2D eigenvalue weighted by Gasteiger charge is -2.31. The number of nitrogens with one attached hydrogen (secondary N) is 1. The molecule has 2 amide bonds. The number of piperidine rings is 1. The van der Waals surface area contributed by atoms with Crippen LogP contribution in [0.25, 0.3) is 0 Å². The Bertz CT molecular complexity index is 366. The van der Waals surface area contributed by atoms with Gasteiger partial charge in [-0.2, -0.15) is 5.10 Å². The van der Waals surface area contributed by atoms with Gasteiger partial charge in [0.2, 0.25) is 0 Å². The molecule has 0 bridgehead atoms. The van der Waals surface area contributed by atoms with Crippen molar-refractivity contribution in [2.24, 2.45) is 5.92 Å². The van der Waals surface area contributed by atoms with E-state index in [4.69, 9.17) is 5.11 Å². The van der Waals surface area contributed by atoms with Gasteiger partial charge in [0.05, 0.1) is 6.54 Å². The van der Waals surface area contributed by atoms with Gasteiger partial charge in [0.1, 0.15) is 0 Å². The van der Waals surface area contributed by atoms with E-state index in [2.05, 4.69) is 10.4 Å². The lowest BCUT2D eigenvalue weighted by molar-refractivity contribution is 0.129. The fourth-order valence-corrected chi connectivity index (χ4v) is 2.22. The van der Waals surface area contributed by atoms with Crippen LogP contribution in [0.5, 0.6) is 0 Å². The first-order valence-electron chi connectivity index (χ1n) is 6.40. The molecule has 0 aromatic carbocycles. The Hall–Kier alpha value is -1.56. The Kier molecular flexibility index (Phi) is 4.58. The van der Waals surface area contributed by atoms with Crippen molar-refractivity contribution >= 4 is 6.03 Å². The van der Waals surface area contributed by atoms with Crippen LogP contribution < -0.4 is 5.32 Å². The number of aliphatic hydroxyl groups is 1. The molecule has 1 saturated heterocycles. The zero-order valence-corrected chi connectivity index (χ0v) is 10.5. The summed E-state index contributed by atoms with van der Waals surface area (Å²) in [4.78, 5) is 13.7. The number of hydrogen-bond acceptors (Lipinski definition) is 3. The van der Waals surface area contributed by atoms with Crippen LogP contribution in [0.1, 0.15) is 12.8 Å². The number of likely N-dealkylation sites (tertiary alicyclic amines) is 1. The minimum absolute atomic E-state index is 0.0414. The number of hydrogen-bond donors (Lipinski definition) is 2. The Labute approximate surface area is 107 Å². The second kappa shape index (κ2) is 6.39. The third-order valence-corrected chi connectivity index (χ3v) is 3.24. The summed E-state index contributed by atoms with van der Waals surface area (Å²) >= 11 is 0. The second-order valence-corrected chi connectivity index (χ2v) is 4.64. The summed E-state index contributed by atoms with van der Waals surface area (Å²) in [6, 6.07) is 1.82. The standard InChI is InChI=1S/C12H20N4O2/c17-10-11-3-1-6-15(9-11)12(18)13-5-8-16-7-2-4-14-16/h2,4,7,11,17H,1,3,5-6,8-10H2,(H,13,18)/t11-/m1/s1. The van der Waals surface area contributed by atoms with Crippen molar-refractivity contribution in [3.63, 3.8) is 0 Å². The molecule has 0 unspecified atom stereocenters. The lowest BCUT2D eigenvalue weighted by Crippen LogP contribution is -2.46. The van der Waals surface area contributed by atoms with Gasteiger partial charge < -0.3 is 15.3 Å². The number of aromatic nitrogens is 2. The van der Waals surface area contributed by atoms with Crippen LogP contribution in [-0.4, -0.2) is 52.1 Å². The number of carbonyl (C=O) groups is 1. The molecule has 6 heteroatoms. The molecule has 1 aliphatic rings. The largest absolute Gasteiger partial charge is 0.396 e. The van der Waals surface area contributed by atoms with Crippen molar-refractivity contribution in [1.29, 1.82) is 0 Å². The minimum Gasteiger partial charge on any atom is -0.396 e. The van der Waals surface area contributed by atoms with E-state index in [1.165, 1.54) is 0 Å². The summed E-state index contributed by atoms with van der Waals surface area (Å²) < 4.78 is 1.78. The van der Waals surface area contributed by atoms with Crippen molar-refractivity contribution in [3.05, 3.63) is 18.5 Å². The average Bonchev–Trinajstić information content (AvgIpc) is 2.92. The fourth-order valence-electron chi connectivity index (χ4n) is 2.22. The number of nitrogens with zero attached hydrogens (tertiary/aromatic N) is 3. The van der Waals surface area contributed by atoms with Crippen LogP contribution >= 0.6 is 0 Å². The molecule has 0 aliphatic carbocycles. The molecule has 1 atom stereocenters. The summed E-state index contributed by atoms with van der Waals surface area (Å²) in [5.41, 5.74) is 0. The number of urea groups is 1. The molecule has 1 aromatic heterocycles. The quantitative estimate of drug-likeness (QED) is 0.809. The predicted molar refractivity (Wildman–Crippen MR) is 67.0 cm³/mol. The SMILES string of the molecule is O=C(NCCn1cccn1)N1CCC[C@@H](CO)C1. The van der Waals surface area contributed by atoms with Crippen molar-refractivity contribution < 1.29 is 9.90 Å².